The van der Waals surface area contributed by atoms with Crippen LogP contribution in [-0.4, -0.2) is 10.1 Å². The van der Waals surface area contributed by atoms with Gasteiger partial charge in [0.25, 0.3) is 0 Å². The molecule has 1 heterocycles. The molecule has 0 amide bonds. The van der Waals surface area contributed by atoms with E-state index in [4.69, 9.17) is 5.11 Å². The van der Waals surface area contributed by atoms with Crippen LogP contribution in [-0.2, 0) is 12.7 Å². The Balaban J connectivity index is 2.19. The summed E-state index contributed by atoms with van der Waals surface area (Å²) < 4.78 is 38.9. The van der Waals surface area contributed by atoms with Gasteiger partial charge in [0.05, 0.1) is 5.56 Å². The number of hydrogen-bond donors (Lipinski definition) is 2. The first-order valence-corrected chi connectivity index (χ1v) is 6.40. The zero-order valence-electron chi connectivity index (χ0n) is 10.1. The van der Waals surface area contributed by atoms with Crippen LogP contribution in [0, 0.1) is 0 Å². The van der Waals surface area contributed by atoms with Crippen molar-refractivity contribution in [2.24, 2.45) is 0 Å². The lowest BCUT2D eigenvalue weighted by Crippen LogP contribution is -2.12. The molecule has 3 nitrogen and oxygen atoms in total. The number of halogens is 4. The van der Waals surface area contributed by atoms with Crippen LogP contribution in [0.1, 0.15) is 11.1 Å². The van der Waals surface area contributed by atoms with Crippen LogP contribution in [0.4, 0.5) is 19.0 Å². The number of phenolic OH excluding ortho intramolecular Hbond substituents is 1. The van der Waals surface area contributed by atoms with E-state index in [0.29, 0.717) is 0 Å². The normalized spacial score (nSPS) is 11.4. The summed E-state index contributed by atoms with van der Waals surface area (Å²) in [5.74, 6) is -0.125. The molecule has 7 heteroatoms. The lowest BCUT2D eigenvalue weighted by molar-refractivity contribution is -0.137. The van der Waals surface area contributed by atoms with Crippen LogP contribution in [0.15, 0.2) is 41.0 Å². The first kappa shape index (κ1) is 14.6. The molecule has 0 bridgehead atoms. The third kappa shape index (κ3) is 3.63. The quantitative estimate of drug-likeness (QED) is 0.876. The second kappa shape index (κ2) is 5.70. The van der Waals surface area contributed by atoms with Gasteiger partial charge in [-0.3, -0.25) is 0 Å². The fourth-order valence-corrected chi connectivity index (χ4v) is 1.93. The summed E-state index contributed by atoms with van der Waals surface area (Å²) in [6.07, 6.45) is -3.18. The number of anilines is 1. The minimum atomic E-state index is -4.48. The maximum atomic E-state index is 12.9. The third-order valence-corrected chi connectivity index (χ3v) is 2.99. The van der Waals surface area contributed by atoms with Crippen molar-refractivity contribution in [3.05, 3.63) is 52.1 Å². The highest BCUT2D eigenvalue weighted by Gasteiger charge is 2.34. The van der Waals surface area contributed by atoms with E-state index in [2.05, 4.69) is 26.2 Å². The van der Waals surface area contributed by atoms with Crippen molar-refractivity contribution in [2.45, 2.75) is 12.7 Å². The van der Waals surface area contributed by atoms with Crippen LogP contribution < -0.4 is 5.32 Å². The Morgan fingerprint density at radius 2 is 1.85 bits per heavy atom. The number of benzene rings is 1. The van der Waals surface area contributed by atoms with Crippen molar-refractivity contribution in [3.8, 4) is 5.75 Å². The van der Waals surface area contributed by atoms with E-state index in [-0.39, 0.29) is 22.6 Å². The fourth-order valence-electron chi connectivity index (χ4n) is 1.60. The Hall–Kier alpha value is -1.76. The van der Waals surface area contributed by atoms with Crippen molar-refractivity contribution in [1.29, 1.82) is 0 Å². The molecule has 1 aromatic heterocycles. The Morgan fingerprint density at radius 3 is 2.45 bits per heavy atom. The lowest BCUT2D eigenvalue weighted by atomic mass is 10.2. The monoisotopic (exact) mass is 346 g/mol. The lowest BCUT2D eigenvalue weighted by Gasteiger charge is -2.14. The molecule has 0 fully saturated rings. The first-order chi connectivity index (χ1) is 9.36. The standard InChI is InChI=1S/C13H10BrF3N2O/c14-9-5-11(13(15,16)17)12(19-7-9)18-6-8-1-3-10(20)4-2-8/h1-5,7,20H,6H2,(H,18,19). The van der Waals surface area contributed by atoms with Crippen molar-refractivity contribution < 1.29 is 18.3 Å². The number of aromatic nitrogens is 1. The summed E-state index contributed by atoms with van der Waals surface area (Å²) in [6, 6.07) is 7.16. The summed E-state index contributed by atoms with van der Waals surface area (Å²) in [6.45, 7) is 0.179. The Morgan fingerprint density at radius 1 is 1.20 bits per heavy atom. The molecule has 0 saturated heterocycles. The minimum Gasteiger partial charge on any atom is -0.508 e. The van der Waals surface area contributed by atoms with Gasteiger partial charge in [-0.05, 0) is 39.7 Å². The van der Waals surface area contributed by atoms with Crippen LogP contribution in [0.25, 0.3) is 0 Å². The zero-order chi connectivity index (χ0) is 14.8. The van der Waals surface area contributed by atoms with Crippen LogP contribution in [0.2, 0.25) is 0 Å². The number of aromatic hydroxyl groups is 1. The second-order valence-electron chi connectivity index (χ2n) is 4.07. The number of hydrogen-bond acceptors (Lipinski definition) is 3. The third-order valence-electron chi connectivity index (χ3n) is 2.56. The van der Waals surface area contributed by atoms with E-state index in [1.165, 1.54) is 18.3 Å². The minimum absolute atomic E-state index is 0.103. The van der Waals surface area contributed by atoms with Gasteiger partial charge in [-0.15, -0.1) is 0 Å². The maximum absolute atomic E-state index is 12.9. The Bertz CT molecular complexity index is 600. The van der Waals surface area contributed by atoms with Gasteiger partial charge in [-0.2, -0.15) is 13.2 Å². The molecule has 0 radical (unpaired) electrons. The van der Waals surface area contributed by atoms with Gasteiger partial charge < -0.3 is 10.4 Å². The predicted octanol–water partition coefficient (Wildman–Crippen LogP) is 4.18. The Kier molecular flexibility index (Phi) is 4.17. The molecule has 0 aliphatic heterocycles. The van der Waals surface area contributed by atoms with E-state index in [1.807, 2.05) is 0 Å². The number of pyridine rings is 1. The molecule has 2 N–H and O–H groups in total. The van der Waals surface area contributed by atoms with Crippen molar-refractivity contribution in [2.75, 3.05) is 5.32 Å². The molecule has 0 spiro atoms. The summed E-state index contributed by atoms with van der Waals surface area (Å²) in [5.41, 5.74) is -0.0914. The predicted molar refractivity (Wildman–Crippen MR) is 72.4 cm³/mol. The zero-order valence-corrected chi connectivity index (χ0v) is 11.7. The van der Waals surface area contributed by atoms with Crippen LogP contribution in [0.5, 0.6) is 5.75 Å². The van der Waals surface area contributed by atoms with Gasteiger partial charge in [-0.1, -0.05) is 12.1 Å². The maximum Gasteiger partial charge on any atom is 0.419 e. The van der Waals surface area contributed by atoms with Gasteiger partial charge in [0, 0.05) is 17.2 Å². The molecular formula is C13H10BrF3N2O. The number of phenols is 1. The molecule has 0 unspecified atom stereocenters. The SMILES string of the molecule is Oc1ccc(CNc2ncc(Br)cc2C(F)(F)F)cc1. The van der Waals surface area contributed by atoms with Crippen LogP contribution in [0.3, 0.4) is 0 Å². The highest BCUT2D eigenvalue weighted by Crippen LogP contribution is 2.35. The number of nitrogens with zero attached hydrogens (tertiary/aromatic N) is 1. The highest BCUT2D eigenvalue weighted by molar-refractivity contribution is 9.10. The molecule has 0 saturated carbocycles. The summed E-state index contributed by atoms with van der Waals surface area (Å²) >= 11 is 2.97. The van der Waals surface area contributed by atoms with Gasteiger partial charge >= 0.3 is 6.18 Å². The first-order valence-electron chi connectivity index (χ1n) is 5.61. The largest absolute Gasteiger partial charge is 0.508 e. The highest BCUT2D eigenvalue weighted by atomic mass is 79.9. The smallest absolute Gasteiger partial charge is 0.419 e. The van der Waals surface area contributed by atoms with Crippen molar-refractivity contribution in [3.63, 3.8) is 0 Å². The molecule has 1 aromatic carbocycles. The van der Waals surface area contributed by atoms with E-state index < -0.39 is 11.7 Å². The summed E-state index contributed by atoms with van der Waals surface area (Å²) in [4.78, 5) is 3.75. The van der Waals surface area contributed by atoms with E-state index in [9.17, 15) is 13.2 Å². The molecule has 0 aliphatic rings. The van der Waals surface area contributed by atoms with E-state index in [0.717, 1.165) is 11.6 Å². The number of rotatable bonds is 3. The number of nitrogens with one attached hydrogen (secondary N) is 1. The van der Waals surface area contributed by atoms with Crippen molar-refractivity contribution >= 4 is 21.7 Å². The van der Waals surface area contributed by atoms with Gasteiger partial charge in [0.15, 0.2) is 0 Å². The van der Waals surface area contributed by atoms with Crippen LogP contribution >= 0.6 is 15.9 Å². The molecule has 0 atom stereocenters. The summed E-state index contributed by atoms with van der Waals surface area (Å²) in [5, 5.41) is 11.8. The van der Waals surface area contributed by atoms with E-state index >= 15 is 0 Å². The topological polar surface area (TPSA) is 45.1 Å². The molecule has 2 aromatic rings. The average molecular weight is 347 g/mol. The average Bonchev–Trinajstić information content (AvgIpc) is 2.38. The van der Waals surface area contributed by atoms with E-state index in [1.54, 1.807) is 12.1 Å². The molecule has 0 aliphatic carbocycles. The van der Waals surface area contributed by atoms with Gasteiger partial charge in [0.1, 0.15) is 11.6 Å². The summed E-state index contributed by atoms with van der Waals surface area (Å²) in [7, 11) is 0. The molecule has 20 heavy (non-hydrogen) atoms. The Labute approximate surface area is 121 Å². The fraction of sp³-hybridized carbons (Fsp3) is 0.154. The number of alkyl halides is 3. The van der Waals surface area contributed by atoms with Gasteiger partial charge in [-0.25, -0.2) is 4.98 Å². The molecule has 2 rings (SSSR count). The molecular weight excluding hydrogens is 337 g/mol. The van der Waals surface area contributed by atoms with Crippen molar-refractivity contribution in [1.82, 2.24) is 4.98 Å². The van der Waals surface area contributed by atoms with Gasteiger partial charge in [0.2, 0.25) is 0 Å². The molecule has 106 valence electrons. The second-order valence-corrected chi connectivity index (χ2v) is 4.98.